The fourth-order valence-corrected chi connectivity index (χ4v) is 4.90. The summed E-state index contributed by atoms with van der Waals surface area (Å²) in [6, 6.07) is 3.44. The van der Waals surface area contributed by atoms with Crippen molar-refractivity contribution in [3.63, 3.8) is 0 Å². The Hall–Kier alpha value is 0.100. The van der Waals surface area contributed by atoms with Crippen LogP contribution in [0.2, 0.25) is 0 Å². The summed E-state index contributed by atoms with van der Waals surface area (Å²) in [4.78, 5) is 2.68. The van der Waals surface area contributed by atoms with Crippen LogP contribution in [0.4, 0.5) is 0 Å². The summed E-state index contributed by atoms with van der Waals surface area (Å²) in [5, 5.41) is 2.28. The van der Waals surface area contributed by atoms with Gasteiger partial charge in [0.15, 0.2) is 0 Å². The molecule has 2 heterocycles. The zero-order chi connectivity index (χ0) is 13.4. The summed E-state index contributed by atoms with van der Waals surface area (Å²) in [6.45, 7) is 4.74. The third-order valence-corrected chi connectivity index (χ3v) is 6.34. The first-order valence-electron chi connectivity index (χ1n) is 7.34. The van der Waals surface area contributed by atoms with E-state index in [1.165, 1.54) is 41.6 Å². The Bertz CT molecular complexity index is 434. The maximum absolute atomic E-state index is 6.29. The third kappa shape index (κ3) is 3.23. The number of piperidine rings is 1. The first kappa shape index (κ1) is 14.1. The molecular formula is C15H23BrN2S. The summed E-state index contributed by atoms with van der Waals surface area (Å²) in [5.41, 5.74) is 7.76. The minimum absolute atomic E-state index is 0.369. The van der Waals surface area contributed by atoms with E-state index in [-0.39, 0.29) is 0 Å². The van der Waals surface area contributed by atoms with Gasteiger partial charge in [0.2, 0.25) is 0 Å². The van der Waals surface area contributed by atoms with Crippen LogP contribution in [0.3, 0.4) is 0 Å². The zero-order valence-corrected chi connectivity index (χ0v) is 13.9. The molecule has 0 radical (unpaired) electrons. The highest BCUT2D eigenvalue weighted by Crippen LogP contribution is 2.35. The van der Waals surface area contributed by atoms with Gasteiger partial charge < -0.3 is 5.73 Å². The predicted molar refractivity (Wildman–Crippen MR) is 85.6 cm³/mol. The molecule has 19 heavy (non-hydrogen) atoms. The first-order valence-corrected chi connectivity index (χ1v) is 9.01. The Morgan fingerprint density at radius 3 is 2.84 bits per heavy atom. The molecule has 2 aliphatic rings. The molecule has 1 saturated heterocycles. The van der Waals surface area contributed by atoms with Crippen molar-refractivity contribution in [3.8, 4) is 0 Å². The van der Waals surface area contributed by atoms with Crippen LogP contribution in [0, 0.1) is 11.8 Å². The Kier molecular flexibility index (Phi) is 4.32. The molecule has 0 amide bonds. The third-order valence-electron chi connectivity index (χ3n) is 4.79. The van der Waals surface area contributed by atoms with Crippen LogP contribution < -0.4 is 5.73 Å². The van der Waals surface area contributed by atoms with E-state index in [1.807, 2.05) is 0 Å². The van der Waals surface area contributed by atoms with Crippen molar-refractivity contribution in [1.29, 1.82) is 0 Å². The van der Waals surface area contributed by atoms with E-state index < -0.39 is 0 Å². The summed E-state index contributed by atoms with van der Waals surface area (Å²) in [6.07, 6.45) is 5.15. The van der Waals surface area contributed by atoms with E-state index in [0.29, 0.717) is 6.04 Å². The van der Waals surface area contributed by atoms with Gasteiger partial charge in [0.25, 0.3) is 0 Å². The second-order valence-electron chi connectivity index (χ2n) is 6.40. The Balaban J connectivity index is 1.62. The summed E-state index contributed by atoms with van der Waals surface area (Å²) >= 11 is 5.34. The second-order valence-corrected chi connectivity index (χ2v) is 8.69. The molecule has 1 aromatic heterocycles. The van der Waals surface area contributed by atoms with Crippen molar-refractivity contribution >= 4 is 27.3 Å². The van der Waals surface area contributed by atoms with Gasteiger partial charge in [-0.05, 0) is 70.5 Å². The lowest BCUT2D eigenvalue weighted by atomic mass is 9.78. The molecule has 2 N–H and O–H groups in total. The van der Waals surface area contributed by atoms with Crippen LogP contribution in [0.15, 0.2) is 15.2 Å². The van der Waals surface area contributed by atoms with Crippen molar-refractivity contribution in [2.45, 2.75) is 44.7 Å². The van der Waals surface area contributed by atoms with Crippen LogP contribution in [0.25, 0.3) is 0 Å². The van der Waals surface area contributed by atoms with Crippen LogP contribution >= 0.6 is 27.3 Å². The minimum atomic E-state index is 0.369. The van der Waals surface area contributed by atoms with Gasteiger partial charge in [0.05, 0.1) is 3.79 Å². The van der Waals surface area contributed by atoms with Crippen molar-refractivity contribution in [2.75, 3.05) is 13.1 Å². The van der Waals surface area contributed by atoms with E-state index in [9.17, 15) is 0 Å². The normalized spacial score (nSPS) is 36.2. The molecule has 0 bridgehead atoms. The van der Waals surface area contributed by atoms with Gasteiger partial charge in [0, 0.05) is 25.2 Å². The molecule has 1 aliphatic carbocycles. The van der Waals surface area contributed by atoms with E-state index in [2.05, 4.69) is 39.2 Å². The van der Waals surface area contributed by atoms with E-state index in [0.717, 1.165) is 24.4 Å². The highest BCUT2D eigenvalue weighted by Gasteiger charge is 2.36. The molecule has 1 saturated carbocycles. The lowest BCUT2D eigenvalue weighted by molar-refractivity contribution is 0.0288. The number of likely N-dealkylation sites (tertiary alicyclic amines) is 1. The summed E-state index contributed by atoms with van der Waals surface area (Å²) in [7, 11) is 0. The highest BCUT2D eigenvalue weighted by molar-refractivity contribution is 9.11. The Morgan fingerprint density at radius 1 is 1.42 bits per heavy atom. The number of hydrogen-bond acceptors (Lipinski definition) is 3. The molecule has 0 spiro atoms. The number of rotatable bonds is 3. The highest BCUT2D eigenvalue weighted by atomic mass is 79.9. The minimum Gasteiger partial charge on any atom is -0.327 e. The van der Waals surface area contributed by atoms with Crippen molar-refractivity contribution < 1.29 is 0 Å². The molecule has 4 heteroatoms. The molecule has 2 nitrogen and oxygen atoms in total. The summed E-state index contributed by atoms with van der Waals surface area (Å²) < 4.78 is 1.24. The molecule has 0 aromatic carbocycles. The maximum Gasteiger partial charge on any atom is 0.0701 e. The quantitative estimate of drug-likeness (QED) is 0.910. The van der Waals surface area contributed by atoms with Gasteiger partial charge >= 0.3 is 0 Å². The Morgan fingerprint density at radius 2 is 2.26 bits per heavy atom. The van der Waals surface area contributed by atoms with Crippen LogP contribution in [-0.4, -0.2) is 30.1 Å². The molecular weight excluding hydrogens is 320 g/mol. The SMILES string of the molecule is CC1CCC1N1CC(N)CC(Cc2csc(Br)c2)C1. The van der Waals surface area contributed by atoms with Crippen molar-refractivity contribution in [3.05, 3.63) is 20.8 Å². The van der Waals surface area contributed by atoms with Crippen molar-refractivity contribution in [2.24, 2.45) is 17.6 Å². The van der Waals surface area contributed by atoms with Gasteiger partial charge in [-0.3, -0.25) is 4.90 Å². The summed E-state index contributed by atoms with van der Waals surface area (Å²) in [5.74, 6) is 1.61. The van der Waals surface area contributed by atoms with Crippen LogP contribution in [0.5, 0.6) is 0 Å². The van der Waals surface area contributed by atoms with Crippen LogP contribution in [0.1, 0.15) is 31.7 Å². The standard InChI is InChI=1S/C15H23BrN2S/c1-10-2-3-14(10)18-7-11(5-13(17)8-18)4-12-6-15(16)19-9-12/h6,9-11,13-14H,2-5,7-8,17H2,1H3. The Labute approximate surface area is 128 Å². The monoisotopic (exact) mass is 342 g/mol. The molecule has 4 unspecified atom stereocenters. The maximum atomic E-state index is 6.29. The zero-order valence-electron chi connectivity index (χ0n) is 11.5. The van der Waals surface area contributed by atoms with Crippen LogP contribution in [-0.2, 0) is 6.42 Å². The topological polar surface area (TPSA) is 29.3 Å². The lowest BCUT2D eigenvalue weighted by Gasteiger charge is -2.48. The fraction of sp³-hybridized carbons (Fsp3) is 0.733. The lowest BCUT2D eigenvalue weighted by Crippen LogP contribution is -2.55. The first-order chi connectivity index (χ1) is 9.11. The molecule has 4 atom stereocenters. The smallest absolute Gasteiger partial charge is 0.0701 e. The van der Waals surface area contributed by atoms with E-state index in [4.69, 9.17) is 5.73 Å². The molecule has 106 valence electrons. The molecule has 1 aliphatic heterocycles. The number of nitrogens with two attached hydrogens (primary N) is 1. The van der Waals surface area contributed by atoms with Gasteiger partial charge in [-0.1, -0.05) is 6.92 Å². The number of halogens is 1. The average Bonchev–Trinajstić information content (AvgIpc) is 2.72. The molecule has 3 rings (SSSR count). The molecule has 2 fully saturated rings. The largest absolute Gasteiger partial charge is 0.327 e. The number of thiophene rings is 1. The molecule has 1 aromatic rings. The van der Waals surface area contributed by atoms with Gasteiger partial charge in [0.1, 0.15) is 0 Å². The van der Waals surface area contributed by atoms with Gasteiger partial charge in [-0.25, -0.2) is 0 Å². The van der Waals surface area contributed by atoms with Gasteiger partial charge in [-0.15, -0.1) is 11.3 Å². The van der Waals surface area contributed by atoms with Crippen molar-refractivity contribution in [1.82, 2.24) is 4.90 Å². The number of hydrogen-bond donors (Lipinski definition) is 1. The average molecular weight is 343 g/mol. The predicted octanol–water partition coefficient (Wildman–Crippen LogP) is 3.50. The van der Waals surface area contributed by atoms with Gasteiger partial charge in [-0.2, -0.15) is 0 Å². The van der Waals surface area contributed by atoms with E-state index in [1.54, 1.807) is 11.3 Å². The second kappa shape index (κ2) is 5.84. The number of nitrogens with zero attached hydrogens (tertiary/aromatic N) is 1. The van der Waals surface area contributed by atoms with E-state index >= 15 is 0 Å². The fourth-order valence-electron chi connectivity index (χ4n) is 3.68.